The number of hydrogen-bond donors (Lipinski definition) is 1. The first-order chi connectivity index (χ1) is 11.1. The van der Waals surface area contributed by atoms with E-state index in [1.165, 1.54) is 7.11 Å². The second-order valence-corrected chi connectivity index (χ2v) is 4.99. The van der Waals surface area contributed by atoms with E-state index in [0.29, 0.717) is 16.5 Å². The number of nitrogens with one attached hydrogen (secondary N) is 1. The molecule has 1 heterocycles. The van der Waals surface area contributed by atoms with Crippen LogP contribution in [-0.2, 0) is 9.53 Å². The zero-order chi connectivity index (χ0) is 16.4. The Balaban J connectivity index is 2.33. The largest absolute Gasteiger partial charge is 0.467 e. The molecule has 0 amide bonds. The summed E-state index contributed by atoms with van der Waals surface area (Å²) in [7, 11) is 1.22. The Bertz CT molecular complexity index is 973. The van der Waals surface area contributed by atoms with Crippen molar-refractivity contribution in [3.05, 3.63) is 81.0 Å². The van der Waals surface area contributed by atoms with Gasteiger partial charge in [-0.2, -0.15) is 0 Å². The smallest absolute Gasteiger partial charge is 0.333 e. The van der Waals surface area contributed by atoms with Gasteiger partial charge in [-0.05, 0) is 17.7 Å². The van der Waals surface area contributed by atoms with Crippen molar-refractivity contribution in [1.82, 2.24) is 9.55 Å². The number of benzene rings is 2. The minimum absolute atomic E-state index is 0.330. The fourth-order valence-corrected chi connectivity index (χ4v) is 2.55. The van der Waals surface area contributed by atoms with Crippen LogP contribution in [0.25, 0.3) is 10.9 Å². The quantitative estimate of drug-likeness (QED) is 0.742. The highest BCUT2D eigenvalue weighted by atomic mass is 16.5. The third kappa shape index (κ3) is 2.55. The number of hydrogen-bond acceptors (Lipinski definition) is 4. The highest BCUT2D eigenvalue weighted by Gasteiger charge is 2.27. The molecule has 1 atom stereocenters. The van der Waals surface area contributed by atoms with Crippen molar-refractivity contribution in [2.45, 2.75) is 6.04 Å². The van der Waals surface area contributed by atoms with Crippen molar-refractivity contribution in [3.8, 4) is 0 Å². The molecule has 0 aliphatic rings. The van der Waals surface area contributed by atoms with E-state index in [1.54, 1.807) is 54.6 Å². The number of H-pyrrole nitrogens is 1. The van der Waals surface area contributed by atoms with Crippen LogP contribution in [0, 0.1) is 0 Å². The molecule has 6 nitrogen and oxygen atoms in total. The van der Waals surface area contributed by atoms with Crippen molar-refractivity contribution in [2.75, 3.05) is 7.11 Å². The number of aromatic nitrogens is 2. The number of fused-ring (bicyclic) bond motifs is 1. The van der Waals surface area contributed by atoms with Crippen molar-refractivity contribution in [1.29, 1.82) is 0 Å². The van der Waals surface area contributed by atoms with Crippen molar-refractivity contribution in [2.24, 2.45) is 0 Å². The molecule has 116 valence electrons. The van der Waals surface area contributed by atoms with Crippen LogP contribution in [0.1, 0.15) is 11.6 Å². The second-order valence-electron chi connectivity index (χ2n) is 4.99. The molecule has 2 aromatic carbocycles. The Kier molecular flexibility index (Phi) is 3.80. The van der Waals surface area contributed by atoms with E-state index in [4.69, 9.17) is 4.74 Å². The first kappa shape index (κ1) is 14.8. The Morgan fingerprint density at radius 3 is 2.39 bits per heavy atom. The standard InChI is InChI=1S/C17H14N2O4/c1-23-16(21)14(11-7-3-2-4-8-11)19-15(20)12-9-5-6-10-13(12)18-17(19)22/h2-10,14H,1H3,(H,18,22)/t14-/m0/s1. The van der Waals surface area contributed by atoms with Crippen LogP contribution in [0.4, 0.5) is 0 Å². The Labute approximate surface area is 131 Å². The van der Waals surface area contributed by atoms with Crippen LogP contribution in [0.15, 0.2) is 64.2 Å². The maximum Gasteiger partial charge on any atom is 0.333 e. The molecule has 6 heteroatoms. The first-order valence-electron chi connectivity index (χ1n) is 7.00. The Hall–Kier alpha value is -3.15. The highest BCUT2D eigenvalue weighted by Crippen LogP contribution is 2.17. The number of carbonyl (C=O) groups is 1. The van der Waals surface area contributed by atoms with Crippen LogP contribution in [0.2, 0.25) is 0 Å². The lowest BCUT2D eigenvalue weighted by molar-refractivity contribution is -0.143. The number of aromatic amines is 1. The predicted octanol–water partition coefficient (Wildman–Crippen LogP) is 1.45. The summed E-state index contributed by atoms with van der Waals surface area (Å²) in [4.78, 5) is 40.0. The zero-order valence-electron chi connectivity index (χ0n) is 12.4. The van der Waals surface area contributed by atoms with Crippen LogP contribution in [0.5, 0.6) is 0 Å². The molecule has 3 rings (SSSR count). The average molecular weight is 310 g/mol. The SMILES string of the molecule is COC(=O)[C@H](c1ccccc1)n1c(=O)[nH]c2ccccc2c1=O. The molecule has 0 saturated heterocycles. The number of nitrogens with zero attached hydrogens (tertiary/aromatic N) is 1. The molecule has 0 aliphatic heterocycles. The van der Waals surface area contributed by atoms with Gasteiger partial charge >= 0.3 is 11.7 Å². The summed E-state index contributed by atoms with van der Waals surface area (Å²) >= 11 is 0. The summed E-state index contributed by atoms with van der Waals surface area (Å²) in [6, 6.07) is 14.1. The van der Waals surface area contributed by atoms with Crippen LogP contribution in [-0.4, -0.2) is 22.6 Å². The maximum atomic E-state index is 12.7. The average Bonchev–Trinajstić information content (AvgIpc) is 2.58. The minimum Gasteiger partial charge on any atom is -0.467 e. The molecule has 1 aromatic heterocycles. The van der Waals surface area contributed by atoms with Gasteiger partial charge in [0, 0.05) is 0 Å². The summed E-state index contributed by atoms with van der Waals surface area (Å²) in [6.45, 7) is 0. The van der Waals surface area contributed by atoms with E-state index in [1.807, 2.05) is 0 Å². The number of para-hydroxylation sites is 1. The molecule has 0 radical (unpaired) electrons. The third-order valence-corrected chi connectivity index (χ3v) is 3.63. The lowest BCUT2D eigenvalue weighted by atomic mass is 10.1. The summed E-state index contributed by atoms with van der Waals surface area (Å²) < 4.78 is 5.68. The van der Waals surface area contributed by atoms with E-state index >= 15 is 0 Å². The Morgan fingerprint density at radius 2 is 1.70 bits per heavy atom. The van der Waals surface area contributed by atoms with Gasteiger partial charge < -0.3 is 9.72 Å². The van der Waals surface area contributed by atoms with Gasteiger partial charge in [-0.1, -0.05) is 42.5 Å². The lowest BCUT2D eigenvalue weighted by Crippen LogP contribution is -2.41. The fourth-order valence-electron chi connectivity index (χ4n) is 2.55. The Morgan fingerprint density at radius 1 is 1.04 bits per heavy atom. The van der Waals surface area contributed by atoms with Gasteiger partial charge in [0.05, 0.1) is 18.0 Å². The van der Waals surface area contributed by atoms with Crippen molar-refractivity contribution in [3.63, 3.8) is 0 Å². The van der Waals surface area contributed by atoms with Gasteiger partial charge in [0.1, 0.15) is 0 Å². The van der Waals surface area contributed by atoms with Gasteiger partial charge in [-0.15, -0.1) is 0 Å². The predicted molar refractivity (Wildman–Crippen MR) is 85.4 cm³/mol. The first-order valence-corrected chi connectivity index (χ1v) is 7.00. The van der Waals surface area contributed by atoms with Gasteiger partial charge in [-0.3, -0.25) is 4.79 Å². The molecular weight excluding hydrogens is 296 g/mol. The van der Waals surface area contributed by atoms with Crippen molar-refractivity contribution < 1.29 is 9.53 Å². The molecule has 0 saturated carbocycles. The summed E-state index contributed by atoms with van der Waals surface area (Å²) in [6.07, 6.45) is 0. The van der Waals surface area contributed by atoms with Crippen LogP contribution >= 0.6 is 0 Å². The van der Waals surface area contributed by atoms with Crippen LogP contribution in [0.3, 0.4) is 0 Å². The molecular formula is C17H14N2O4. The second kappa shape index (κ2) is 5.92. The van der Waals surface area contributed by atoms with Gasteiger partial charge in [-0.25, -0.2) is 14.2 Å². The normalized spacial score (nSPS) is 12.0. The number of esters is 1. The summed E-state index contributed by atoms with van der Waals surface area (Å²) in [5.74, 6) is -0.681. The molecule has 0 spiro atoms. The third-order valence-electron chi connectivity index (χ3n) is 3.63. The number of carbonyl (C=O) groups excluding carboxylic acids is 1. The maximum absolute atomic E-state index is 12.7. The minimum atomic E-state index is -1.14. The monoisotopic (exact) mass is 310 g/mol. The van der Waals surface area contributed by atoms with Gasteiger partial charge in [0.25, 0.3) is 5.56 Å². The van der Waals surface area contributed by atoms with E-state index in [0.717, 1.165) is 4.57 Å². The molecule has 23 heavy (non-hydrogen) atoms. The zero-order valence-corrected chi connectivity index (χ0v) is 12.4. The number of methoxy groups -OCH3 is 1. The molecule has 0 bridgehead atoms. The van der Waals surface area contributed by atoms with E-state index in [2.05, 4.69) is 4.98 Å². The van der Waals surface area contributed by atoms with E-state index < -0.39 is 23.3 Å². The van der Waals surface area contributed by atoms with E-state index in [9.17, 15) is 14.4 Å². The summed E-state index contributed by atoms with van der Waals surface area (Å²) in [5.41, 5.74) is -0.269. The fraction of sp³-hybridized carbons (Fsp3) is 0.118. The van der Waals surface area contributed by atoms with Crippen LogP contribution < -0.4 is 11.2 Å². The molecule has 3 aromatic rings. The number of ether oxygens (including phenoxy) is 1. The number of rotatable bonds is 3. The highest BCUT2D eigenvalue weighted by molar-refractivity contribution is 5.80. The molecule has 0 fully saturated rings. The molecule has 1 N–H and O–H groups in total. The summed E-state index contributed by atoms with van der Waals surface area (Å²) in [5, 5.41) is 0.330. The lowest BCUT2D eigenvalue weighted by Gasteiger charge is -2.17. The van der Waals surface area contributed by atoms with E-state index in [-0.39, 0.29) is 0 Å². The topological polar surface area (TPSA) is 81.2 Å². The van der Waals surface area contributed by atoms with Crippen molar-refractivity contribution >= 4 is 16.9 Å². The molecule has 0 aliphatic carbocycles. The molecule has 0 unspecified atom stereocenters. The van der Waals surface area contributed by atoms with Gasteiger partial charge in [0.2, 0.25) is 0 Å². The van der Waals surface area contributed by atoms with Gasteiger partial charge in [0.15, 0.2) is 6.04 Å².